The summed E-state index contributed by atoms with van der Waals surface area (Å²) in [4.78, 5) is 10.1. The van der Waals surface area contributed by atoms with E-state index in [0.29, 0.717) is 0 Å². The quantitative estimate of drug-likeness (QED) is 0.644. The molecule has 1 unspecified atom stereocenters. The number of aromatic nitrogens is 1. The Kier molecular flexibility index (Phi) is 5.59. The molecular formula is C25H29N3OS. The first kappa shape index (κ1) is 19.7. The van der Waals surface area contributed by atoms with Crippen LogP contribution in [0.2, 0.25) is 0 Å². The van der Waals surface area contributed by atoms with Crippen LogP contribution in [-0.2, 0) is 0 Å². The van der Waals surface area contributed by atoms with Gasteiger partial charge in [-0.1, -0.05) is 37.3 Å². The number of piperazine rings is 1. The third-order valence-electron chi connectivity index (χ3n) is 6.47. The fourth-order valence-electron chi connectivity index (χ4n) is 4.53. The van der Waals surface area contributed by atoms with Gasteiger partial charge in [0.25, 0.3) is 0 Å². The van der Waals surface area contributed by atoms with Crippen LogP contribution < -0.4 is 4.90 Å². The van der Waals surface area contributed by atoms with E-state index in [1.165, 1.54) is 21.2 Å². The summed E-state index contributed by atoms with van der Waals surface area (Å²) in [6.07, 6.45) is 4.59. The molecule has 1 N–H and O–H groups in total. The first-order valence-electron chi connectivity index (χ1n) is 11.0. The second-order valence-corrected chi connectivity index (χ2v) is 9.24. The zero-order chi connectivity index (χ0) is 20.5. The van der Waals surface area contributed by atoms with Gasteiger partial charge in [0.15, 0.2) is 0 Å². The number of aliphatic hydroxyl groups excluding tert-OH is 1. The number of fused-ring (bicyclic) bond motifs is 1. The number of nitrogens with zero attached hydrogens (tertiary/aromatic N) is 3. The van der Waals surface area contributed by atoms with Crippen molar-refractivity contribution >= 4 is 32.8 Å². The van der Waals surface area contributed by atoms with E-state index in [0.717, 1.165) is 69.1 Å². The van der Waals surface area contributed by atoms with E-state index < -0.39 is 0 Å². The maximum absolute atomic E-state index is 9.74. The zero-order valence-corrected chi connectivity index (χ0v) is 18.4. The monoisotopic (exact) mass is 419 g/mol. The normalized spacial score (nSPS) is 20.5. The maximum atomic E-state index is 9.74. The van der Waals surface area contributed by atoms with Crippen LogP contribution in [0.25, 0.3) is 26.9 Å². The van der Waals surface area contributed by atoms with Crippen LogP contribution in [0.15, 0.2) is 47.9 Å². The smallest absolute Gasteiger partial charge is 0.147 e. The Bertz CT molecular complexity index is 1050. The molecule has 1 atom stereocenters. The molecule has 156 valence electrons. The lowest BCUT2D eigenvalue weighted by Gasteiger charge is -2.35. The Morgan fingerprint density at radius 3 is 2.53 bits per heavy atom. The molecule has 1 aromatic carbocycles. The number of pyridine rings is 1. The fourth-order valence-corrected chi connectivity index (χ4v) is 5.43. The van der Waals surface area contributed by atoms with E-state index in [1.54, 1.807) is 11.3 Å². The standard InChI is InChI=1S/C25H29N3OS/c1-2-27-12-14-28(15-13-27)25-24-21(11-16-30-24)17-23(26-25)20-5-3-18(4-6-20)19-7-9-22(29)10-8-19/h3-7,11,16-17,22,29H,2,8-10,12-15H2,1H3. The molecule has 0 amide bonds. The minimum Gasteiger partial charge on any atom is -0.393 e. The number of thiophene rings is 1. The van der Waals surface area contributed by atoms with E-state index in [4.69, 9.17) is 4.98 Å². The molecule has 3 aromatic rings. The van der Waals surface area contributed by atoms with E-state index in [-0.39, 0.29) is 6.10 Å². The third kappa shape index (κ3) is 3.89. The van der Waals surface area contributed by atoms with Crippen molar-refractivity contribution in [3.05, 3.63) is 53.4 Å². The lowest BCUT2D eigenvalue weighted by Crippen LogP contribution is -2.46. The first-order chi connectivity index (χ1) is 14.7. The molecule has 4 nitrogen and oxygen atoms in total. The average molecular weight is 420 g/mol. The number of likely N-dealkylation sites (N-methyl/N-ethyl adjacent to an activating group) is 1. The van der Waals surface area contributed by atoms with E-state index in [1.807, 2.05) is 0 Å². The number of benzene rings is 1. The van der Waals surface area contributed by atoms with Gasteiger partial charge in [-0.15, -0.1) is 11.3 Å². The fraction of sp³-hybridized carbons (Fsp3) is 0.400. The lowest BCUT2D eigenvalue weighted by atomic mass is 9.91. The second-order valence-electron chi connectivity index (χ2n) is 8.33. The number of aliphatic hydroxyl groups is 1. The zero-order valence-electron chi connectivity index (χ0n) is 17.6. The number of hydrogen-bond acceptors (Lipinski definition) is 5. The van der Waals surface area contributed by atoms with Crippen LogP contribution in [0.1, 0.15) is 31.7 Å². The predicted molar refractivity (Wildman–Crippen MR) is 127 cm³/mol. The van der Waals surface area contributed by atoms with Crippen LogP contribution in [0.4, 0.5) is 5.82 Å². The molecule has 0 spiro atoms. The summed E-state index contributed by atoms with van der Waals surface area (Å²) in [5.74, 6) is 1.14. The second kappa shape index (κ2) is 8.50. The SMILES string of the molecule is CCN1CCN(c2nc(-c3ccc(C4=CCC(O)CC4)cc3)cc3ccsc23)CC1. The Morgan fingerprint density at radius 2 is 1.83 bits per heavy atom. The molecule has 1 fully saturated rings. The molecular weight excluding hydrogens is 390 g/mol. The van der Waals surface area contributed by atoms with E-state index in [2.05, 4.69) is 64.6 Å². The van der Waals surface area contributed by atoms with Crippen molar-refractivity contribution in [1.82, 2.24) is 9.88 Å². The summed E-state index contributed by atoms with van der Waals surface area (Å²) in [7, 11) is 0. The van der Waals surface area contributed by atoms with Gasteiger partial charge < -0.3 is 14.9 Å². The van der Waals surface area contributed by atoms with Crippen molar-refractivity contribution in [2.75, 3.05) is 37.6 Å². The van der Waals surface area contributed by atoms with Crippen molar-refractivity contribution in [3.8, 4) is 11.3 Å². The number of hydrogen-bond donors (Lipinski definition) is 1. The maximum Gasteiger partial charge on any atom is 0.147 e. The van der Waals surface area contributed by atoms with E-state index in [9.17, 15) is 5.11 Å². The summed E-state index contributed by atoms with van der Waals surface area (Å²) >= 11 is 1.79. The molecule has 2 aliphatic rings. The first-order valence-corrected chi connectivity index (χ1v) is 11.9. The summed E-state index contributed by atoms with van der Waals surface area (Å²) in [5.41, 5.74) is 4.82. The number of rotatable bonds is 4. The van der Waals surface area contributed by atoms with Crippen molar-refractivity contribution in [2.24, 2.45) is 0 Å². The molecule has 30 heavy (non-hydrogen) atoms. The molecule has 0 saturated carbocycles. The highest BCUT2D eigenvalue weighted by Gasteiger charge is 2.20. The highest BCUT2D eigenvalue weighted by Crippen LogP contribution is 2.35. The van der Waals surface area contributed by atoms with Crippen LogP contribution in [-0.4, -0.2) is 53.8 Å². The van der Waals surface area contributed by atoms with Crippen LogP contribution in [0, 0.1) is 0 Å². The van der Waals surface area contributed by atoms with Gasteiger partial charge in [0.2, 0.25) is 0 Å². The number of anilines is 1. The van der Waals surface area contributed by atoms with E-state index >= 15 is 0 Å². The summed E-state index contributed by atoms with van der Waals surface area (Å²) in [6.45, 7) is 7.65. The highest BCUT2D eigenvalue weighted by atomic mass is 32.1. The van der Waals surface area contributed by atoms with Gasteiger partial charge in [-0.05, 0) is 59.8 Å². The van der Waals surface area contributed by atoms with Crippen molar-refractivity contribution in [3.63, 3.8) is 0 Å². The summed E-state index contributed by atoms with van der Waals surface area (Å²) in [5, 5.41) is 13.2. The molecule has 5 heteroatoms. The predicted octanol–water partition coefficient (Wildman–Crippen LogP) is 5.03. The molecule has 1 aliphatic heterocycles. The molecule has 0 radical (unpaired) electrons. The molecule has 1 saturated heterocycles. The van der Waals surface area contributed by atoms with Crippen LogP contribution in [0.5, 0.6) is 0 Å². The lowest BCUT2D eigenvalue weighted by molar-refractivity contribution is 0.166. The van der Waals surface area contributed by atoms with Gasteiger partial charge in [-0.3, -0.25) is 0 Å². The molecule has 0 bridgehead atoms. The number of allylic oxidation sites excluding steroid dienone is 1. The Labute approximate surface area is 182 Å². The third-order valence-corrected chi connectivity index (χ3v) is 7.40. The minimum absolute atomic E-state index is 0.174. The van der Waals surface area contributed by atoms with Crippen LogP contribution >= 0.6 is 11.3 Å². The molecule has 1 aliphatic carbocycles. The Balaban J connectivity index is 1.45. The van der Waals surface area contributed by atoms with Gasteiger partial charge >= 0.3 is 0 Å². The Hall–Kier alpha value is -2.21. The van der Waals surface area contributed by atoms with Crippen molar-refractivity contribution < 1.29 is 5.11 Å². The van der Waals surface area contributed by atoms with Crippen LogP contribution in [0.3, 0.4) is 0 Å². The largest absolute Gasteiger partial charge is 0.393 e. The summed E-state index contributed by atoms with van der Waals surface area (Å²) in [6, 6.07) is 13.2. The van der Waals surface area contributed by atoms with Gasteiger partial charge in [0.05, 0.1) is 16.5 Å². The van der Waals surface area contributed by atoms with Crippen molar-refractivity contribution in [2.45, 2.75) is 32.3 Å². The van der Waals surface area contributed by atoms with Gasteiger partial charge in [-0.2, -0.15) is 0 Å². The van der Waals surface area contributed by atoms with Crippen molar-refractivity contribution in [1.29, 1.82) is 0 Å². The molecule has 3 heterocycles. The molecule has 2 aromatic heterocycles. The highest BCUT2D eigenvalue weighted by molar-refractivity contribution is 7.17. The molecule has 5 rings (SSSR count). The van der Waals surface area contributed by atoms with Gasteiger partial charge in [0, 0.05) is 31.7 Å². The summed E-state index contributed by atoms with van der Waals surface area (Å²) < 4.78 is 1.30. The topological polar surface area (TPSA) is 39.6 Å². The van der Waals surface area contributed by atoms with Gasteiger partial charge in [-0.25, -0.2) is 4.98 Å². The average Bonchev–Trinajstić information content (AvgIpc) is 3.28. The van der Waals surface area contributed by atoms with Gasteiger partial charge in [0.1, 0.15) is 5.82 Å². The minimum atomic E-state index is -0.174. The Morgan fingerprint density at radius 1 is 1.07 bits per heavy atom.